The van der Waals surface area contributed by atoms with Crippen molar-refractivity contribution >= 4 is 29.1 Å². The first-order chi connectivity index (χ1) is 11.6. The lowest BCUT2D eigenvalue weighted by Crippen LogP contribution is -2.35. The monoisotopic (exact) mass is 342 g/mol. The highest BCUT2D eigenvalue weighted by molar-refractivity contribution is 6.34. The predicted octanol–water partition coefficient (Wildman–Crippen LogP) is 4.22. The summed E-state index contributed by atoms with van der Waals surface area (Å²) in [4.78, 5) is 26.8. The van der Waals surface area contributed by atoms with Gasteiger partial charge in [-0.3, -0.25) is 9.59 Å². The van der Waals surface area contributed by atoms with Crippen LogP contribution in [0.15, 0.2) is 48.5 Å². The van der Waals surface area contributed by atoms with Crippen molar-refractivity contribution in [1.29, 1.82) is 0 Å². The minimum Gasteiger partial charge on any atom is -0.339 e. The van der Waals surface area contributed by atoms with Crippen LogP contribution in [-0.2, 0) is 0 Å². The van der Waals surface area contributed by atoms with Gasteiger partial charge in [-0.15, -0.1) is 0 Å². The molecule has 4 nitrogen and oxygen atoms in total. The summed E-state index contributed by atoms with van der Waals surface area (Å²) in [6, 6.07) is 13.9. The van der Waals surface area contributed by atoms with Crippen LogP contribution in [0.5, 0.6) is 0 Å². The molecule has 1 heterocycles. The molecular formula is C19H19ClN2O2. The van der Waals surface area contributed by atoms with E-state index in [1.165, 1.54) is 6.42 Å². The molecule has 0 bridgehead atoms. The maximum Gasteiger partial charge on any atom is 0.257 e. The smallest absolute Gasteiger partial charge is 0.257 e. The third-order valence-corrected chi connectivity index (χ3v) is 4.46. The number of nitrogens with one attached hydrogen (secondary N) is 1. The molecule has 0 aromatic heterocycles. The van der Waals surface area contributed by atoms with Gasteiger partial charge in [-0.05, 0) is 49.6 Å². The van der Waals surface area contributed by atoms with Crippen LogP contribution in [0.3, 0.4) is 0 Å². The van der Waals surface area contributed by atoms with E-state index in [9.17, 15) is 9.59 Å². The second kappa shape index (κ2) is 7.49. The van der Waals surface area contributed by atoms with E-state index in [2.05, 4.69) is 5.32 Å². The Hall–Kier alpha value is -2.33. The van der Waals surface area contributed by atoms with E-state index in [0.29, 0.717) is 21.8 Å². The van der Waals surface area contributed by atoms with Crippen molar-refractivity contribution in [2.45, 2.75) is 19.3 Å². The number of benzene rings is 2. The Balaban J connectivity index is 1.74. The fourth-order valence-corrected chi connectivity index (χ4v) is 3.07. The molecule has 1 fully saturated rings. The molecule has 0 unspecified atom stereocenters. The zero-order valence-electron chi connectivity index (χ0n) is 13.3. The van der Waals surface area contributed by atoms with Gasteiger partial charge in [0.25, 0.3) is 11.8 Å². The second-order valence-electron chi connectivity index (χ2n) is 5.87. The lowest BCUT2D eigenvalue weighted by molar-refractivity contribution is 0.0724. The molecular weight excluding hydrogens is 324 g/mol. The minimum atomic E-state index is -0.289. The number of halogens is 1. The molecule has 3 rings (SSSR count). The summed E-state index contributed by atoms with van der Waals surface area (Å²) in [5.41, 5.74) is 1.59. The molecule has 0 radical (unpaired) electrons. The Bertz CT molecular complexity index is 755. The van der Waals surface area contributed by atoms with Crippen molar-refractivity contribution in [3.05, 3.63) is 64.7 Å². The Morgan fingerprint density at radius 1 is 0.958 bits per heavy atom. The van der Waals surface area contributed by atoms with Gasteiger partial charge >= 0.3 is 0 Å². The molecule has 1 aliphatic heterocycles. The van der Waals surface area contributed by atoms with E-state index in [1.54, 1.807) is 48.5 Å². The zero-order chi connectivity index (χ0) is 16.9. The SMILES string of the molecule is O=C(Nc1cccc(C(=O)N2CCCCC2)c1)c1ccccc1Cl. The van der Waals surface area contributed by atoms with Gasteiger partial charge < -0.3 is 10.2 Å². The number of likely N-dealkylation sites (tertiary alicyclic amines) is 1. The lowest BCUT2D eigenvalue weighted by atomic mass is 10.1. The summed E-state index contributed by atoms with van der Waals surface area (Å²) >= 11 is 6.05. The summed E-state index contributed by atoms with van der Waals surface area (Å²) in [5.74, 6) is -0.272. The standard InChI is InChI=1S/C19H19ClN2O2/c20-17-10-3-2-9-16(17)18(23)21-15-8-6-7-14(13-15)19(24)22-11-4-1-5-12-22/h2-3,6-10,13H,1,4-5,11-12H2,(H,21,23). The van der Waals surface area contributed by atoms with Crippen molar-refractivity contribution in [3.8, 4) is 0 Å². The highest BCUT2D eigenvalue weighted by atomic mass is 35.5. The van der Waals surface area contributed by atoms with Gasteiger partial charge in [0.05, 0.1) is 10.6 Å². The van der Waals surface area contributed by atoms with Gasteiger partial charge in [-0.1, -0.05) is 29.8 Å². The third kappa shape index (κ3) is 3.77. The lowest BCUT2D eigenvalue weighted by Gasteiger charge is -2.26. The Morgan fingerprint density at radius 3 is 2.46 bits per heavy atom. The van der Waals surface area contributed by atoms with Gasteiger partial charge in [0.15, 0.2) is 0 Å². The van der Waals surface area contributed by atoms with Crippen molar-refractivity contribution < 1.29 is 9.59 Å². The number of hydrogen-bond acceptors (Lipinski definition) is 2. The molecule has 0 atom stereocenters. The molecule has 0 aliphatic carbocycles. The minimum absolute atomic E-state index is 0.0172. The van der Waals surface area contributed by atoms with E-state index in [1.807, 2.05) is 4.90 Å². The number of anilines is 1. The van der Waals surface area contributed by atoms with Gasteiger partial charge in [0.1, 0.15) is 0 Å². The van der Waals surface area contributed by atoms with Crippen molar-refractivity contribution in [2.75, 3.05) is 18.4 Å². The fourth-order valence-electron chi connectivity index (χ4n) is 2.85. The first-order valence-corrected chi connectivity index (χ1v) is 8.48. The van der Waals surface area contributed by atoms with Crippen LogP contribution in [0.2, 0.25) is 5.02 Å². The summed E-state index contributed by atoms with van der Waals surface area (Å²) in [7, 11) is 0. The Labute approximate surface area is 146 Å². The highest BCUT2D eigenvalue weighted by Crippen LogP contribution is 2.19. The number of carbonyl (C=O) groups is 2. The van der Waals surface area contributed by atoms with Crippen LogP contribution in [0, 0.1) is 0 Å². The molecule has 2 aromatic carbocycles. The van der Waals surface area contributed by atoms with Crippen LogP contribution in [0.4, 0.5) is 5.69 Å². The van der Waals surface area contributed by atoms with Crippen LogP contribution in [-0.4, -0.2) is 29.8 Å². The molecule has 124 valence electrons. The van der Waals surface area contributed by atoms with Gasteiger partial charge in [-0.25, -0.2) is 0 Å². The Kier molecular flexibility index (Phi) is 5.16. The number of hydrogen-bond donors (Lipinski definition) is 1. The third-order valence-electron chi connectivity index (χ3n) is 4.13. The average molecular weight is 343 g/mol. The van der Waals surface area contributed by atoms with Crippen molar-refractivity contribution in [2.24, 2.45) is 0 Å². The largest absolute Gasteiger partial charge is 0.339 e. The second-order valence-corrected chi connectivity index (χ2v) is 6.27. The number of rotatable bonds is 3. The molecule has 1 N–H and O–H groups in total. The topological polar surface area (TPSA) is 49.4 Å². The number of amides is 2. The van der Waals surface area contributed by atoms with Gasteiger partial charge in [0, 0.05) is 24.3 Å². The van der Waals surface area contributed by atoms with E-state index in [-0.39, 0.29) is 11.8 Å². The normalized spacial score (nSPS) is 14.3. The summed E-state index contributed by atoms with van der Waals surface area (Å²) < 4.78 is 0. The first-order valence-electron chi connectivity index (χ1n) is 8.10. The molecule has 0 saturated carbocycles. The van der Waals surface area contributed by atoms with Gasteiger partial charge in [-0.2, -0.15) is 0 Å². The summed E-state index contributed by atoms with van der Waals surface area (Å²) in [6.45, 7) is 1.60. The Morgan fingerprint density at radius 2 is 1.71 bits per heavy atom. The fraction of sp³-hybridized carbons (Fsp3) is 0.263. The molecule has 0 spiro atoms. The summed E-state index contributed by atoms with van der Waals surface area (Å²) in [5, 5.41) is 3.20. The summed E-state index contributed by atoms with van der Waals surface area (Å²) in [6.07, 6.45) is 3.28. The van der Waals surface area contributed by atoms with Crippen LogP contribution >= 0.6 is 11.6 Å². The number of carbonyl (C=O) groups excluding carboxylic acids is 2. The maximum atomic E-state index is 12.6. The van der Waals surface area contributed by atoms with Crippen LogP contribution in [0.25, 0.3) is 0 Å². The number of nitrogens with zero attached hydrogens (tertiary/aromatic N) is 1. The average Bonchev–Trinajstić information content (AvgIpc) is 2.62. The molecule has 1 saturated heterocycles. The van der Waals surface area contributed by atoms with Crippen LogP contribution in [0.1, 0.15) is 40.0 Å². The first kappa shape index (κ1) is 16.5. The van der Waals surface area contributed by atoms with E-state index < -0.39 is 0 Å². The number of piperidine rings is 1. The molecule has 5 heteroatoms. The molecule has 1 aliphatic rings. The quantitative estimate of drug-likeness (QED) is 0.908. The zero-order valence-corrected chi connectivity index (χ0v) is 14.1. The molecule has 24 heavy (non-hydrogen) atoms. The molecule has 2 aromatic rings. The maximum absolute atomic E-state index is 12.6. The highest BCUT2D eigenvalue weighted by Gasteiger charge is 2.18. The predicted molar refractivity (Wildman–Crippen MR) is 95.6 cm³/mol. The molecule has 2 amide bonds. The van der Waals surface area contributed by atoms with Crippen LogP contribution < -0.4 is 5.32 Å². The van der Waals surface area contributed by atoms with E-state index in [4.69, 9.17) is 11.6 Å². The van der Waals surface area contributed by atoms with Crippen molar-refractivity contribution in [1.82, 2.24) is 4.90 Å². The van der Waals surface area contributed by atoms with Crippen molar-refractivity contribution in [3.63, 3.8) is 0 Å². The van der Waals surface area contributed by atoms with E-state index >= 15 is 0 Å². The van der Waals surface area contributed by atoms with Gasteiger partial charge in [0.2, 0.25) is 0 Å². The van der Waals surface area contributed by atoms with E-state index in [0.717, 1.165) is 25.9 Å².